The monoisotopic (exact) mass is 388 g/mol. The van der Waals surface area contributed by atoms with Crippen LogP contribution in [0.2, 0.25) is 0 Å². The molecule has 0 aliphatic heterocycles. The Hall–Kier alpha value is -2.07. The smallest absolute Gasteiger partial charge is 0.103 e. The topological polar surface area (TPSA) is 64.5 Å². The Morgan fingerprint density at radius 1 is 1.29 bits per heavy atom. The van der Waals surface area contributed by atoms with Crippen molar-refractivity contribution in [3.63, 3.8) is 0 Å². The molecule has 0 saturated heterocycles. The van der Waals surface area contributed by atoms with Crippen LogP contribution in [0.4, 0.5) is 11.4 Å². The quantitative estimate of drug-likeness (QED) is 0.640. The molecule has 0 aliphatic carbocycles. The van der Waals surface area contributed by atoms with Crippen molar-refractivity contribution in [1.29, 1.82) is 5.26 Å². The summed E-state index contributed by atoms with van der Waals surface area (Å²) in [6.07, 6.45) is 3.33. The van der Waals surface area contributed by atoms with Gasteiger partial charge >= 0.3 is 0 Å². The van der Waals surface area contributed by atoms with Gasteiger partial charge in [0.05, 0.1) is 14.8 Å². The number of nitrogens with zero attached hydrogens (tertiary/aromatic N) is 2. The van der Waals surface area contributed by atoms with Crippen LogP contribution in [0.1, 0.15) is 16.8 Å². The summed E-state index contributed by atoms with van der Waals surface area (Å²) in [7, 11) is 0. The van der Waals surface area contributed by atoms with Gasteiger partial charge in [-0.3, -0.25) is 4.98 Å². The SMILES string of the molecule is Cc1cc2c(C)c(Nc3c(I)cncc3C#N)ccc2[nH]1. The Bertz CT molecular complexity index is 874. The molecule has 0 unspecified atom stereocenters. The first-order valence-electron chi connectivity index (χ1n) is 6.49. The van der Waals surface area contributed by atoms with Gasteiger partial charge < -0.3 is 10.3 Å². The fraction of sp³-hybridized carbons (Fsp3) is 0.125. The van der Waals surface area contributed by atoms with Gasteiger partial charge in [-0.05, 0) is 60.2 Å². The highest BCUT2D eigenvalue weighted by Gasteiger charge is 2.11. The number of aromatic amines is 1. The van der Waals surface area contributed by atoms with Crippen LogP contribution in [0, 0.1) is 28.7 Å². The lowest BCUT2D eigenvalue weighted by Crippen LogP contribution is -1.99. The molecule has 0 spiro atoms. The van der Waals surface area contributed by atoms with E-state index in [0.29, 0.717) is 5.56 Å². The van der Waals surface area contributed by atoms with Crippen molar-refractivity contribution in [3.8, 4) is 6.07 Å². The van der Waals surface area contributed by atoms with Crippen LogP contribution in [0.5, 0.6) is 0 Å². The molecule has 0 aliphatic rings. The molecule has 0 radical (unpaired) electrons. The number of nitriles is 1. The average Bonchev–Trinajstić information content (AvgIpc) is 2.85. The Labute approximate surface area is 136 Å². The molecule has 0 amide bonds. The van der Waals surface area contributed by atoms with Gasteiger partial charge in [-0.2, -0.15) is 5.26 Å². The van der Waals surface area contributed by atoms with Crippen LogP contribution < -0.4 is 5.32 Å². The summed E-state index contributed by atoms with van der Waals surface area (Å²) < 4.78 is 0.927. The van der Waals surface area contributed by atoms with Gasteiger partial charge in [-0.25, -0.2) is 0 Å². The van der Waals surface area contributed by atoms with Gasteiger partial charge in [0.15, 0.2) is 0 Å². The van der Waals surface area contributed by atoms with Crippen molar-refractivity contribution < 1.29 is 0 Å². The van der Waals surface area contributed by atoms with E-state index in [9.17, 15) is 5.26 Å². The van der Waals surface area contributed by atoms with E-state index in [4.69, 9.17) is 0 Å². The van der Waals surface area contributed by atoms with E-state index in [-0.39, 0.29) is 0 Å². The number of aryl methyl sites for hydroxylation is 2. The van der Waals surface area contributed by atoms with E-state index < -0.39 is 0 Å². The molecule has 2 N–H and O–H groups in total. The third-order valence-corrected chi connectivity index (χ3v) is 4.31. The van der Waals surface area contributed by atoms with Gasteiger partial charge in [-0.15, -0.1) is 0 Å². The van der Waals surface area contributed by atoms with Crippen molar-refractivity contribution in [2.75, 3.05) is 5.32 Å². The maximum Gasteiger partial charge on any atom is 0.103 e. The van der Waals surface area contributed by atoms with E-state index in [1.54, 1.807) is 12.4 Å². The number of halogens is 1. The van der Waals surface area contributed by atoms with Gasteiger partial charge in [-0.1, -0.05) is 0 Å². The number of H-pyrrole nitrogens is 1. The number of hydrogen-bond donors (Lipinski definition) is 2. The number of hydrogen-bond acceptors (Lipinski definition) is 3. The summed E-state index contributed by atoms with van der Waals surface area (Å²) in [5.41, 5.74) is 5.78. The summed E-state index contributed by atoms with van der Waals surface area (Å²) in [5.74, 6) is 0. The number of pyridine rings is 1. The number of anilines is 2. The minimum absolute atomic E-state index is 0.548. The summed E-state index contributed by atoms with van der Waals surface area (Å²) in [6, 6.07) is 8.41. The van der Waals surface area contributed by atoms with Crippen molar-refractivity contribution in [2.24, 2.45) is 0 Å². The van der Waals surface area contributed by atoms with E-state index in [2.05, 4.69) is 63.0 Å². The molecule has 3 aromatic rings. The molecular formula is C16H13IN4. The predicted molar refractivity (Wildman–Crippen MR) is 92.7 cm³/mol. The van der Waals surface area contributed by atoms with E-state index in [1.165, 1.54) is 5.39 Å². The first kappa shape index (κ1) is 13.9. The highest BCUT2D eigenvalue weighted by atomic mass is 127. The zero-order chi connectivity index (χ0) is 15.0. The molecule has 5 heteroatoms. The lowest BCUT2D eigenvalue weighted by atomic mass is 10.1. The Balaban J connectivity index is 2.11. The summed E-state index contributed by atoms with van der Waals surface area (Å²) in [4.78, 5) is 7.39. The van der Waals surface area contributed by atoms with Crippen molar-refractivity contribution in [2.45, 2.75) is 13.8 Å². The van der Waals surface area contributed by atoms with Crippen molar-refractivity contribution in [1.82, 2.24) is 9.97 Å². The first-order valence-corrected chi connectivity index (χ1v) is 7.57. The largest absolute Gasteiger partial charge is 0.359 e. The third-order valence-electron chi connectivity index (χ3n) is 3.49. The maximum atomic E-state index is 9.23. The predicted octanol–water partition coefficient (Wildman–Crippen LogP) is 4.40. The van der Waals surface area contributed by atoms with Gasteiger partial charge in [0, 0.05) is 34.7 Å². The second kappa shape index (κ2) is 5.37. The van der Waals surface area contributed by atoms with Crippen LogP contribution in [-0.2, 0) is 0 Å². The fourth-order valence-electron chi connectivity index (χ4n) is 2.41. The van der Waals surface area contributed by atoms with Crippen LogP contribution in [0.25, 0.3) is 10.9 Å². The highest BCUT2D eigenvalue weighted by molar-refractivity contribution is 14.1. The van der Waals surface area contributed by atoms with Gasteiger partial charge in [0.2, 0.25) is 0 Å². The summed E-state index contributed by atoms with van der Waals surface area (Å²) in [6.45, 7) is 4.13. The molecular weight excluding hydrogens is 375 g/mol. The molecule has 104 valence electrons. The molecule has 0 bridgehead atoms. The number of aromatic nitrogens is 2. The van der Waals surface area contributed by atoms with Crippen LogP contribution >= 0.6 is 22.6 Å². The zero-order valence-corrected chi connectivity index (χ0v) is 13.8. The van der Waals surface area contributed by atoms with Crippen molar-refractivity contribution in [3.05, 3.63) is 51.0 Å². The minimum Gasteiger partial charge on any atom is -0.359 e. The lowest BCUT2D eigenvalue weighted by molar-refractivity contribution is 1.27. The van der Waals surface area contributed by atoms with Gasteiger partial charge in [0.25, 0.3) is 0 Å². The second-order valence-electron chi connectivity index (χ2n) is 4.93. The highest BCUT2D eigenvalue weighted by Crippen LogP contribution is 2.31. The van der Waals surface area contributed by atoms with Crippen molar-refractivity contribution >= 4 is 44.9 Å². The molecule has 21 heavy (non-hydrogen) atoms. The lowest BCUT2D eigenvalue weighted by Gasteiger charge is -2.13. The normalized spacial score (nSPS) is 10.6. The van der Waals surface area contributed by atoms with Crippen LogP contribution in [0.3, 0.4) is 0 Å². The number of fused-ring (bicyclic) bond motifs is 1. The average molecular weight is 388 g/mol. The van der Waals surface area contributed by atoms with Crippen LogP contribution in [-0.4, -0.2) is 9.97 Å². The Morgan fingerprint density at radius 2 is 2.10 bits per heavy atom. The Morgan fingerprint density at radius 3 is 2.86 bits per heavy atom. The number of benzene rings is 1. The molecule has 4 nitrogen and oxygen atoms in total. The standard InChI is InChI=1S/C16H13IN4/c1-9-5-12-10(2)14(3-4-15(12)20-9)21-16-11(6-18)7-19-8-13(16)17/h3-5,7-8,20H,1-2H3,(H,19,21). The maximum absolute atomic E-state index is 9.23. The van der Waals surface area contributed by atoms with E-state index in [1.807, 2.05) is 13.0 Å². The molecule has 0 saturated carbocycles. The second-order valence-corrected chi connectivity index (χ2v) is 6.09. The van der Waals surface area contributed by atoms with Gasteiger partial charge in [0.1, 0.15) is 6.07 Å². The first-order chi connectivity index (χ1) is 10.1. The molecule has 0 fully saturated rings. The van der Waals surface area contributed by atoms with Crippen LogP contribution in [0.15, 0.2) is 30.6 Å². The summed E-state index contributed by atoms with van der Waals surface area (Å²) in [5, 5.41) is 13.8. The molecule has 2 aromatic heterocycles. The summed E-state index contributed by atoms with van der Waals surface area (Å²) >= 11 is 2.19. The minimum atomic E-state index is 0.548. The molecule has 3 rings (SSSR count). The number of rotatable bonds is 2. The zero-order valence-electron chi connectivity index (χ0n) is 11.7. The fourth-order valence-corrected chi connectivity index (χ4v) is 2.99. The molecule has 1 aromatic carbocycles. The Kier molecular flexibility index (Phi) is 3.55. The van der Waals surface area contributed by atoms with E-state index >= 15 is 0 Å². The third kappa shape index (κ3) is 2.47. The van der Waals surface area contributed by atoms with E-state index in [0.717, 1.165) is 31.7 Å². The molecule has 2 heterocycles. The number of nitrogens with one attached hydrogen (secondary N) is 2. The molecule has 0 atom stereocenters.